The van der Waals surface area contributed by atoms with Crippen LogP contribution in [0.2, 0.25) is 0 Å². The minimum absolute atomic E-state index is 0.0296. The molecule has 1 aromatic carbocycles. The van der Waals surface area contributed by atoms with Gasteiger partial charge in [0.05, 0.1) is 16.6 Å². The fraction of sp³-hybridized carbons (Fsp3) is 0.429. The van der Waals surface area contributed by atoms with E-state index in [1.807, 2.05) is 0 Å². The molecule has 1 saturated heterocycles. The van der Waals surface area contributed by atoms with Gasteiger partial charge in [0.1, 0.15) is 0 Å². The van der Waals surface area contributed by atoms with Crippen LogP contribution in [0.4, 0.5) is 0 Å². The number of primary amides is 1. The number of hydrogen-bond acceptors (Lipinski definition) is 6. The van der Waals surface area contributed by atoms with Crippen LogP contribution in [0.5, 0.6) is 0 Å². The van der Waals surface area contributed by atoms with Crippen molar-refractivity contribution in [1.82, 2.24) is 4.72 Å². The van der Waals surface area contributed by atoms with E-state index in [9.17, 15) is 18.0 Å². The van der Waals surface area contributed by atoms with E-state index >= 15 is 0 Å². The Morgan fingerprint density at radius 3 is 2.57 bits per heavy atom. The summed E-state index contributed by atoms with van der Waals surface area (Å²) in [5.74, 6) is -1.52. The molecule has 9 heteroatoms. The molecular weight excluding hydrogens is 324 g/mol. The number of nitrogens with one attached hydrogen (secondary N) is 1. The highest BCUT2D eigenvalue weighted by molar-refractivity contribution is 7.89. The fourth-order valence-corrected chi connectivity index (χ4v) is 3.15. The summed E-state index contributed by atoms with van der Waals surface area (Å²) in [5, 5.41) is 0. The van der Waals surface area contributed by atoms with E-state index in [1.165, 1.54) is 24.3 Å². The Balaban J connectivity index is 1.97. The molecular formula is C14H18N2O6S. The zero-order valence-electron chi connectivity index (χ0n) is 12.4. The van der Waals surface area contributed by atoms with Crippen molar-refractivity contribution in [2.75, 3.05) is 19.8 Å². The standard InChI is InChI=1S/C14H18N2O6S/c15-13(17)9-22-14(18)10-3-5-12(6-4-10)23(19,20)16-8-11-2-1-7-21-11/h3-6,11,16H,1-2,7-9H2,(H2,15,17)/t11-/m0/s1. The SMILES string of the molecule is NC(=O)COC(=O)c1ccc(S(=O)(=O)NC[C@@H]2CCCO2)cc1. The largest absolute Gasteiger partial charge is 0.452 e. The third kappa shape index (κ3) is 5.02. The van der Waals surface area contributed by atoms with Gasteiger partial charge in [-0.25, -0.2) is 17.9 Å². The molecule has 0 spiro atoms. The van der Waals surface area contributed by atoms with Crippen LogP contribution in [-0.2, 0) is 24.3 Å². The molecule has 1 heterocycles. The number of carbonyl (C=O) groups is 2. The first kappa shape index (κ1) is 17.4. The number of sulfonamides is 1. The number of hydrogen-bond donors (Lipinski definition) is 2. The van der Waals surface area contributed by atoms with Gasteiger partial charge in [-0.1, -0.05) is 0 Å². The molecule has 0 aliphatic carbocycles. The average Bonchev–Trinajstić information content (AvgIpc) is 3.04. The lowest BCUT2D eigenvalue weighted by Gasteiger charge is -2.11. The third-order valence-electron chi connectivity index (χ3n) is 3.27. The van der Waals surface area contributed by atoms with Crippen LogP contribution in [0.3, 0.4) is 0 Å². The maximum atomic E-state index is 12.1. The van der Waals surface area contributed by atoms with Crippen LogP contribution >= 0.6 is 0 Å². The zero-order chi connectivity index (χ0) is 16.9. The van der Waals surface area contributed by atoms with Crippen molar-refractivity contribution in [2.24, 2.45) is 5.73 Å². The summed E-state index contributed by atoms with van der Waals surface area (Å²) in [5.41, 5.74) is 5.00. The molecule has 126 valence electrons. The lowest BCUT2D eigenvalue weighted by Crippen LogP contribution is -2.31. The molecule has 1 atom stereocenters. The van der Waals surface area contributed by atoms with Crippen LogP contribution in [0.15, 0.2) is 29.2 Å². The van der Waals surface area contributed by atoms with E-state index in [0.29, 0.717) is 6.61 Å². The average molecular weight is 342 g/mol. The van der Waals surface area contributed by atoms with Crippen molar-refractivity contribution in [1.29, 1.82) is 0 Å². The molecule has 0 unspecified atom stereocenters. The molecule has 1 aromatic rings. The summed E-state index contributed by atoms with van der Waals surface area (Å²) in [7, 11) is -3.67. The summed E-state index contributed by atoms with van der Waals surface area (Å²) in [6, 6.07) is 5.20. The van der Waals surface area contributed by atoms with Crippen molar-refractivity contribution in [2.45, 2.75) is 23.8 Å². The number of ether oxygens (including phenoxy) is 2. The van der Waals surface area contributed by atoms with Crippen molar-refractivity contribution < 1.29 is 27.5 Å². The minimum Gasteiger partial charge on any atom is -0.452 e. The number of benzene rings is 1. The second kappa shape index (κ2) is 7.53. The third-order valence-corrected chi connectivity index (χ3v) is 4.71. The quantitative estimate of drug-likeness (QED) is 0.660. The lowest BCUT2D eigenvalue weighted by molar-refractivity contribution is -0.121. The van der Waals surface area contributed by atoms with Gasteiger partial charge in [0.15, 0.2) is 6.61 Å². The van der Waals surface area contributed by atoms with Crippen molar-refractivity contribution >= 4 is 21.9 Å². The molecule has 0 bridgehead atoms. The monoisotopic (exact) mass is 342 g/mol. The topological polar surface area (TPSA) is 125 Å². The highest BCUT2D eigenvalue weighted by Gasteiger charge is 2.20. The number of rotatable bonds is 7. The van der Waals surface area contributed by atoms with Gasteiger partial charge >= 0.3 is 5.97 Å². The summed E-state index contributed by atoms with van der Waals surface area (Å²) >= 11 is 0. The first-order valence-electron chi connectivity index (χ1n) is 7.05. The number of esters is 1. The van der Waals surface area contributed by atoms with Gasteiger partial charge in [-0.2, -0.15) is 0 Å². The van der Waals surface area contributed by atoms with Crippen molar-refractivity contribution in [3.05, 3.63) is 29.8 Å². The highest BCUT2D eigenvalue weighted by Crippen LogP contribution is 2.14. The molecule has 3 N–H and O–H groups in total. The number of amides is 1. The van der Waals surface area contributed by atoms with E-state index in [2.05, 4.69) is 9.46 Å². The van der Waals surface area contributed by atoms with Crippen LogP contribution in [-0.4, -0.2) is 46.2 Å². The molecule has 0 aromatic heterocycles. The molecule has 23 heavy (non-hydrogen) atoms. The second-order valence-corrected chi connectivity index (χ2v) is 6.82. The Kier molecular flexibility index (Phi) is 5.69. The number of carbonyl (C=O) groups excluding carboxylic acids is 2. The van der Waals surface area contributed by atoms with Crippen LogP contribution in [0.1, 0.15) is 23.2 Å². The summed E-state index contributed by atoms with van der Waals surface area (Å²) in [6.07, 6.45) is 1.65. The van der Waals surface area contributed by atoms with Crippen LogP contribution in [0, 0.1) is 0 Å². The Bertz CT molecular complexity index is 665. The molecule has 8 nitrogen and oxygen atoms in total. The predicted octanol–water partition coefficient (Wildman–Crippen LogP) is -0.214. The molecule has 1 amide bonds. The van der Waals surface area contributed by atoms with Gasteiger partial charge in [-0.3, -0.25) is 4.79 Å². The molecule has 1 aliphatic rings. The Hall–Kier alpha value is -1.97. The highest BCUT2D eigenvalue weighted by atomic mass is 32.2. The van der Waals surface area contributed by atoms with Crippen molar-refractivity contribution in [3.63, 3.8) is 0 Å². The fourth-order valence-electron chi connectivity index (χ4n) is 2.08. The van der Waals surface area contributed by atoms with E-state index in [-0.39, 0.29) is 23.1 Å². The summed E-state index contributed by atoms with van der Waals surface area (Å²) < 4.78 is 36.7. The van der Waals surface area contributed by atoms with Gasteiger partial charge in [0, 0.05) is 13.2 Å². The molecule has 1 fully saturated rings. The first-order chi connectivity index (χ1) is 10.9. The van der Waals surface area contributed by atoms with Crippen LogP contribution in [0.25, 0.3) is 0 Å². The molecule has 1 aliphatic heterocycles. The Morgan fingerprint density at radius 1 is 1.30 bits per heavy atom. The summed E-state index contributed by atoms with van der Waals surface area (Å²) in [4.78, 5) is 22.2. The Morgan fingerprint density at radius 2 is 2.00 bits per heavy atom. The normalized spacial score (nSPS) is 17.8. The van der Waals surface area contributed by atoms with E-state index in [1.54, 1.807) is 0 Å². The van der Waals surface area contributed by atoms with Gasteiger partial charge in [-0.15, -0.1) is 0 Å². The molecule has 0 saturated carbocycles. The Labute approximate surface area is 134 Å². The maximum absolute atomic E-state index is 12.1. The van der Waals surface area contributed by atoms with E-state index < -0.39 is 28.5 Å². The van der Waals surface area contributed by atoms with Gasteiger partial charge in [0.25, 0.3) is 5.91 Å². The van der Waals surface area contributed by atoms with Crippen LogP contribution < -0.4 is 10.5 Å². The van der Waals surface area contributed by atoms with E-state index in [4.69, 9.17) is 10.5 Å². The van der Waals surface area contributed by atoms with Crippen molar-refractivity contribution in [3.8, 4) is 0 Å². The van der Waals surface area contributed by atoms with E-state index in [0.717, 1.165) is 12.8 Å². The summed E-state index contributed by atoms with van der Waals surface area (Å²) in [6.45, 7) is 0.334. The van der Waals surface area contributed by atoms with Gasteiger partial charge in [-0.05, 0) is 37.1 Å². The second-order valence-electron chi connectivity index (χ2n) is 5.05. The zero-order valence-corrected chi connectivity index (χ0v) is 13.2. The molecule has 0 radical (unpaired) electrons. The predicted molar refractivity (Wildman–Crippen MR) is 80.1 cm³/mol. The first-order valence-corrected chi connectivity index (χ1v) is 8.53. The smallest absolute Gasteiger partial charge is 0.338 e. The molecule has 2 rings (SSSR count). The van der Waals surface area contributed by atoms with Gasteiger partial charge in [0.2, 0.25) is 10.0 Å². The minimum atomic E-state index is -3.67. The lowest BCUT2D eigenvalue weighted by atomic mass is 10.2. The number of nitrogens with two attached hydrogens (primary N) is 1. The maximum Gasteiger partial charge on any atom is 0.338 e. The van der Waals surface area contributed by atoms with Gasteiger partial charge < -0.3 is 15.2 Å².